The Morgan fingerprint density at radius 1 is 1.20 bits per heavy atom. The molecule has 8 heteroatoms. The van der Waals surface area contributed by atoms with Crippen LogP contribution in [0.4, 0.5) is 5.69 Å². The molecule has 0 fully saturated rings. The van der Waals surface area contributed by atoms with Crippen LogP contribution in [-0.4, -0.2) is 28.7 Å². The smallest absolute Gasteiger partial charge is 0.251 e. The molecule has 1 heterocycles. The Morgan fingerprint density at radius 3 is 2.44 bits per heavy atom. The second-order valence-corrected chi connectivity index (χ2v) is 6.10. The Hall–Kier alpha value is -2.74. The Labute approximate surface area is 153 Å². The highest BCUT2D eigenvalue weighted by Crippen LogP contribution is 2.15. The monoisotopic (exact) mass is 404 g/mol. The summed E-state index contributed by atoms with van der Waals surface area (Å²) >= 11 is 3.30. The highest BCUT2D eigenvalue weighted by atomic mass is 79.9. The third kappa shape index (κ3) is 5.39. The molecule has 0 saturated heterocycles. The maximum absolute atomic E-state index is 12.3. The first kappa shape index (κ1) is 18.6. The van der Waals surface area contributed by atoms with Gasteiger partial charge in [0.05, 0.1) is 0 Å². The van der Waals surface area contributed by atoms with Crippen LogP contribution < -0.4 is 16.4 Å². The number of amides is 3. The van der Waals surface area contributed by atoms with Gasteiger partial charge >= 0.3 is 0 Å². The van der Waals surface area contributed by atoms with Crippen molar-refractivity contribution in [3.63, 3.8) is 0 Å². The van der Waals surface area contributed by atoms with Crippen molar-refractivity contribution < 1.29 is 14.4 Å². The molecule has 4 N–H and O–H groups in total. The van der Waals surface area contributed by atoms with E-state index in [1.165, 1.54) is 6.92 Å². The standard InChI is InChI=1S/C17H17BrN4O3/c1-10(23)21-13-6-4-11(5-7-13)17(25)22-14(16(19)24)9-12-3-2-8-20-15(12)18/h2-8,14H,9H2,1H3,(H2,19,24)(H,21,23)(H,22,25)/t14-/m1/s1. The van der Waals surface area contributed by atoms with Crippen LogP contribution in [-0.2, 0) is 16.0 Å². The van der Waals surface area contributed by atoms with Gasteiger partial charge in [-0.25, -0.2) is 4.98 Å². The second kappa shape index (κ2) is 8.39. The number of hydrogen-bond donors (Lipinski definition) is 3. The third-order valence-electron chi connectivity index (χ3n) is 3.38. The number of primary amides is 1. The molecule has 0 aliphatic carbocycles. The number of benzene rings is 1. The van der Waals surface area contributed by atoms with E-state index >= 15 is 0 Å². The summed E-state index contributed by atoms with van der Waals surface area (Å²) in [4.78, 5) is 39.1. The van der Waals surface area contributed by atoms with E-state index in [0.29, 0.717) is 15.9 Å². The van der Waals surface area contributed by atoms with Crippen molar-refractivity contribution in [1.29, 1.82) is 0 Å². The van der Waals surface area contributed by atoms with Gasteiger partial charge in [0.2, 0.25) is 11.8 Å². The SMILES string of the molecule is CC(=O)Nc1ccc(C(=O)N[C@H](Cc2cccnc2Br)C(N)=O)cc1. The quantitative estimate of drug-likeness (QED) is 0.634. The minimum atomic E-state index is -0.872. The van der Waals surface area contributed by atoms with E-state index in [1.807, 2.05) is 0 Å². The lowest BCUT2D eigenvalue weighted by Gasteiger charge is -2.16. The maximum Gasteiger partial charge on any atom is 0.251 e. The zero-order valence-corrected chi connectivity index (χ0v) is 15.0. The third-order valence-corrected chi connectivity index (χ3v) is 4.09. The zero-order chi connectivity index (χ0) is 18.4. The molecule has 1 aromatic heterocycles. The van der Waals surface area contributed by atoms with E-state index in [4.69, 9.17) is 5.73 Å². The topological polar surface area (TPSA) is 114 Å². The summed E-state index contributed by atoms with van der Waals surface area (Å²) in [7, 11) is 0. The average molecular weight is 405 g/mol. The summed E-state index contributed by atoms with van der Waals surface area (Å²) in [5.74, 6) is -1.27. The maximum atomic E-state index is 12.3. The van der Waals surface area contributed by atoms with Crippen molar-refractivity contribution in [3.8, 4) is 0 Å². The lowest BCUT2D eigenvalue weighted by molar-refractivity contribution is -0.119. The Bertz CT molecular complexity index is 793. The number of aromatic nitrogens is 1. The number of rotatable bonds is 6. The van der Waals surface area contributed by atoms with Crippen LogP contribution in [0.1, 0.15) is 22.8 Å². The average Bonchev–Trinajstić information content (AvgIpc) is 2.56. The molecule has 3 amide bonds. The highest BCUT2D eigenvalue weighted by Gasteiger charge is 2.20. The number of nitrogens with one attached hydrogen (secondary N) is 2. The number of nitrogens with two attached hydrogens (primary N) is 1. The van der Waals surface area contributed by atoms with Crippen LogP contribution in [0.5, 0.6) is 0 Å². The predicted molar refractivity (Wildman–Crippen MR) is 96.8 cm³/mol. The Morgan fingerprint density at radius 2 is 1.88 bits per heavy atom. The van der Waals surface area contributed by atoms with E-state index in [1.54, 1.807) is 42.6 Å². The zero-order valence-electron chi connectivity index (χ0n) is 13.5. The number of carbonyl (C=O) groups excluding carboxylic acids is 3. The molecule has 25 heavy (non-hydrogen) atoms. The van der Waals surface area contributed by atoms with Crippen molar-refractivity contribution in [2.75, 3.05) is 5.32 Å². The number of nitrogens with zero attached hydrogens (tertiary/aromatic N) is 1. The first-order valence-electron chi connectivity index (χ1n) is 7.44. The van der Waals surface area contributed by atoms with Gasteiger partial charge in [0, 0.05) is 30.8 Å². The van der Waals surface area contributed by atoms with Crippen molar-refractivity contribution in [1.82, 2.24) is 10.3 Å². The number of halogens is 1. The molecule has 0 aliphatic rings. The molecule has 1 atom stereocenters. The molecule has 0 radical (unpaired) electrons. The van der Waals surface area contributed by atoms with E-state index in [9.17, 15) is 14.4 Å². The molecule has 7 nitrogen and oxygen atoms in total. The van der Waals surface area contributed by atoms with Gasteiger partial charge in [0.15, 0.2) is 0 Å². The number of hydrogen-bond acceptors (Lipinski definition) is 4. The Balaban J connectivity index is 2.08. The number of anilines is 1. The van der Waals surface area contributed by atoms with Crippen LogP contribution in [0.15, 0.2) is 47.2 Å². The first-order chi connectivity index (χ1) is 11.9. The fourth-order valence-electron chi connectivity index (χ4n) is 2.16. The normalized spacial score (nSPS) is 11.4. The molecule has 130 valence electrons. The highest BCUT2D eigenvalue weighted by molar-refractivity contribution is 9.10. The summed E-state index contributed by atoms with van der Waals surface area (Å²) in [6.07, 6.45) is 1.83. The van der Waals surface area contributed by atoms with E-state index in [0.717, 1.165) is 5.56 Å². The molecular weight excluding hydrogens is 388 g/mol. The summed E-state index contributed by atoms with van der Waals surface area (Å²) in [5, 5.41) is 5.23. The molecule has 0 bridgehead atoms. The Kier molecular flexibility index (Phi) is 6.24. The minimum Gasteiger partial charge on any atom is -0.368 e. The van der Waals surface area contributed by atoms with Gasteiger partial charge in [-0.1, -0.05) is 6.07 Å². The van der Waals surface area contributed by atoms with E-state index in [-0.39, 0.29) is 12.3 Å². The largest absolute Gasteiger partial charge is 0.368 e. The van der Waals surface area contributed by atoms with Crippen molar-refractivity contribution >= 4 is 39.3 Å². The number of pyridine rings is 1. The summed E-state index contributed by atoms with van der Waals surface area (Å²) in [5.41, 5.74) is 7.09. The minimum absolute atomic E-state index is 0.201. The molecule has 2 aromatic rings. The van der Waals surface area contributed by atoms with Gasteiger partial charge in [-0.3, -0.25) is 14.4 Å². The predicted octanol–water partition coefficient (Wildman–Crippen LogP) is 1.63. The molecular formula is C17H17BrN4O3. The number of carbonyl (C=O) groups is 3. The van der Waals surface area contributed by atoms with Crippen LogP contribution in [0.3, 0.4) is 0 Å². The first-order valence-corrected chi connectivity index (χ1v) is 8.23. The molecule has 0 spiro atoms. The molecule has 2 rings (SSSR count). The van der Waals surface area contributed by atoms with Crippen LogP contribution in [0.2, 0.25) is 0 Å². The molecule has 1 aromatic carbocycles. The van der Waals surface area contributed by atoms with E-state index < -0.39 is 17.9 Å². The lowest BCUT2D eigenvalue weighted by atomic mass is 10.1. The van der Waals surface area contributed by atoms with Gasteiger partial charge in [-0.05, 0) is 51.8 Å². The van der Waals surface area contributed by atoms with Crippen molar-refractivity contribution in [2.24, 2.45) is 5.73 Å². The van der Waals surface area contributed by atoms with Crippen molar-refractivity contribution in [2.45, 2.75) is 19.4 Å². The van der Waals surface area contributed by atoms with Gasteiger partial charge in [0.1, 0.15) is 10.6 Å². The van der Waals surface area contributed by atoms with Gasteiger partial charge < -0.3 is 16.4 Å². The fourth-order valence-corrected chi connectivity index (χ4v) is 2.58. The lowest BCUT2D eigenvalue weighted by Crippen LogP contribution is -2.45. The van der Waals surface area contributed by atoms with Gasteiger partial charge in [-0.2, -0.15) is 0 Å². The summed E-state index contributed by atoms with van der Waals surface area (Å²) in [6.45, 7) is 1.40. The van der Waals surface area contributed by atoms with Gasteiger partial charge in [-0.15, -0.1) is 0 Å². The van der Waals surface area contributed by atoms with Crippen molar-refractivity contribution in [3.05, 3.63) is 58.3 Å². The molecule has 0 aliphatic heterocycles. The van der Waals surface area contributed by atoms with Crippen LogP contribution in [0, 0.1) is 0 Å². The summed E-state index contributed by atoms with van der Waals surface area (Å²) < 4.78 is 0.593. The molecule has 0 unspecified atom stereocenters. The molecule has 0 saturated carbocycles. The van der Waals surface area contributed by atoms with Gasteiger partial charge in [0.25, 0.3) is 5.91 Å². The second-order valence-electron chi connectivity index (χ2n) is 5.34. The fraction of sp³-hybridized carbons (Fsp3) is 0.176. The summed E-state index contributed by atoms with van der Waals surface area (Å²) in [6, 6.07) is 8.98. The van der Waals surface area contributed by atoms with Crippen LogP contribution >= 0.6 is 15.9 Å². The van der Waals surface area contributed by atoms with E-state index in [2.05, 4.69) is 31.5 Å². The van der Waals surface area contributed by atoms with Crippen LogP contribution in [0.25, 0.3) is 0 Å².